The Labute approximate surface area is 247 Å². The summed E-state index contributed by atoms with van der Waals surface area (Å²) in [5, 5.41) is 11.9. The highest BCUT2D eigenvalue weighted by Crippen LogP contribution is 2.29. The molecule has 0 bridgehead atoms. The summed E-state index contributed by atoms with van der Waals surface area (Å²) < 4.78 is 68.4. The summed E-state index contributed by atoms with van der Waals surface area (Å²) in [6.07, 6.45) is -4.78. The maximum atomic E-state index is 13.1. The van der Waals surface area contributed by atoms with Crippen molar-refractivity contribution in [2.45, 2.75) is 38.7 Å². The van der Waals surface area contributed by atoms with E-state index in [0.29, 0.717) is 18.8 Å². The molecule has 3 aromatic rings. The Bertz CT molecular complexity index is 1290. The maximum Gasteiger partial charge on any atom is 0.416 e. The monoisotopic (exact) mass is 606 g/mol. The number of urea groups is 1. The van der Waals surface area contributed by atoms with Gasteiger partial charge in [-0.2, -0.15) is 13.2 Å². The number of carboxylic acid groups (broad SMARTS) is 1. The first kappa shape index (κ1) is 33.3. The van der Waals surface area contributed by atoms with E-state index >= 15 is 0 Å². The average Bonchev–Trinajstić information content (AvgIpc) is 2.97. The Morgan fingerprint density at radius 3 is 2.16 bits per heavy atom. The van der Waals surface area contributed by atoms with Crippen LogP contribution in [0, 0.1) is 5.82 Å². The molecule has 232 valence electrons. The van der Waals surface area contributed by atoms with Crippen LogP contribution in [0.5, 0.6) is 5.75 Å². The highest BCUT2D eigenvalue weighted by atomic mass is 19.4. The first-order valence-electron chi connectivity index (χ1n) is 13.7. The van der Waals surface area contributed by atoms with Gasteiger partial charge in [0.05, 0.1) is 18.7 Å². The standard InChI is InChI=1S/C31H34F4N2O6/c1-2-42-28(29(38)39)20-22-6-14-27(15-7-22)43-19-17-37(16-3-18-41-21-23-4-10-25(32)11-5-23)30(40)36-26-12-8-24(9-13-26)31(33,34)35/h4-15,28H,2-3,16-21H2,1H3,(H,36,40)(H,38,39). The number of carbonyl (C=O) groups excluding carboxylic acids is 1. The Hall–Kier alpha value is -4.16. The predicted molar refractivity (Wildman–Crippen MR) is 151 cm³/mol. The van der Waals surface area contributed by atoms with Gasteiger partial charge in [-0.25, -0.2) is 14.0 Å². The van der Waals surface area contributed by atoms with Crippen molar-refractivity contribution in [2.24, 2.45) is 0 Å². The molecule has 0 saturated heterocycles. The molecule has 0 radical (unpaired) electrons. The second-order valence-corrected chi connectivity index (χ2v) is 9.50. The number of nitrogens with zero attached hydrogens (tertiary/aromatic N) is 1. The Balaban J connectivity index is 1.55. The molecule has 0 aliphatic carbocycles. The van der Waals surface area contributed by atoms with E-state index in [9.17, 15) is 32.3 Å². The lowest BCUT2D eigenvalue weighted by atomic mass is 10.1. The SMILES string of the molecule is CCOC(Cc1ccc(OCCN(CCCOCc2ccc(F)cc2)C(=O)Nc2ccc(C(F)(F)F)cc2)cc1)C(=O)O. The second-order valence-electron chi connectivity index (χ2n) is 9.50. The topological polar surface area (TPSA) is 97.3 Å². The van der Waals surface area contributed by atoms with Crippen molar-refractivity contribution in [1.29, 1.82) is 0 Å². The van der Waals surface area contributed by atoms with E-state index < -0.39 is 29.8 Å². The molecule has 0 aliphatic rings. The smallest absolute Gasteiger partial charge is 0.416 e. The van der Waals surface area contributed by atoms with Gasteiger partial charge in [-0.3, -0.25) is 0 Å². The molecule has 1 unspecified atom stereocenters. The minimum Gasteiger partial charge on any atom is -0.492 e. The number of hydrogen-bond acceptors (Lipinski definition) is 5. The number of halogens is 4. The quantitative estimate of drug-likeness (QED) is 0.145. The fourth-order valence-electron chi connectivity index (χ4n) is 4.02. The highest BCUT2D eigenvalue weighted by Gasteiger charge is 2.30. The number of ether oxygens (including phenoxy) is 3. The zero-order valence-electron chi connectivity index (χ0n) is 23.6. The number of rotatable bonds is 16. The number of alkyl halides is 3. The third kappa shape index (κ3) is 11.6. The van der Waals surface area contributed by atoms with E-state index in [-0.39, 0.29) is 50.8 Å². The van der Waals surface area contributed by atoms with E-state index in [1.54, 1.807) is 43.3 Å². The van der Waals surface area contributed by atoms with Crippen LogP contribution in [0.2, 0.25) is 0 Å². The molecule has 0 aromatic heterocycles. The van der Waals surface area contributed by atoms with Crippen LogP contribution in [-0.2, 0) is 33.5 Å². The van der Waals surface area contributed by atoms with Crippen molar-refractivity contribution >= 4 is 17.7 Å². The van der Waals surface area contributed by atoms with Crippen LogP contribution in [0.4, 0.5) is 28.0 Å². The summed E-state index contributed by atoms with van der Waals surface area (Å²) in [7, 11) is 0. The Kier molecular flexibility index (Phi) is 12.8. The van der Waals surface area contributed by atoms with Crippen LogP contribution in [0.15, 0.2) is 72.8 Å². The molecular weight excluding hydrogens is 572 g/mol. The normalized spacial score (nSPS) is 12.0. The van der Waals surface area contributed by atoms with E-state index in [1.807, 2.05) is 0 Å². The summed E-state index contributed by atoms with van der Waals surface area (Å²) in [4.78, 5) is 25.8. The molecule has 3 rings (SSSR count). The van der Waals surface area contributed by atoms with Crippen molar-refractivity contribution < 1.29 is 46.5 Å². The van der Waals surface area contributed by atoms with Crippen molar-refractivity contribution in [3.63, 3.8) is 0 Å². The number of carboxylic acids is 1. The molecule has 12 heteroatoms. The largest absolute Gasteiger partial charge is 0.492 e. The summed E-state index contributed by atoms with van der Waals surface area (Å²) in [6, 6.07) is 16.4. The fourth-order valence-corrected chi connectivity index (χ4v) is 4.02. The zero-order valence-corrected chi connectivity index (χ0v) is 23.6. The third-order valence-electron chi connectivity index (χ3n) is 6.27. The molecular formula is C31H34F4N2O6. The van der Waals surface area contributed by atoms with Gasteiger partial charge in [0.1, 0.15) is 18.2 Å². The van der Waals surface area contributed by atoms with Crippen LogP contribution in [0.1, 0.15) is 30.0 Å². The van der Waals surface area contributed by atoms with Gasteiger partial charge in [0, 0.05) is 31.9 Å². The van der Waals surface area contributed by atoms with Crippen molar-refractivity contribution in [2.75, 3.05) is 38.2 Å². The number of benzene rings is 3. The van der Waals surface area contributed by atoms with Crippen LogP contribution in [0.3, 0.4) is 0 Å². The van der Waals surface area contributed by atoms with Crippen LogP contribution >= 0.6 is 0 Å². The molecule has 0 heterocycles. The van der Waals surface area contributed by atoms with Gasteiger partial charge >= 0.3 is 18.2 Å². The van der Waals surface area contributed by atoms with E-state index in [4.69, 9.17) is 14.2 Å². The number of anilines is 1. The summed E-state index contributed by atoms with van der Waals surface area (Å²) in [5.41, 5.74) is 0.940. The summed E-state index contributed by atoms with van der Waals surface area (Å²) >= 11 is 0. The lowest BCUT2D eigenvalue weighted by Crippen LogP contribution is -2.39. The average molecular weight is 607 g/mol. The van der Waals surface area contributed by atoms with E-state index in [1.165, 1.54) is 29.2 Å². The Morgan fingerprint density at radius 1 is 0.907 bits per heavy atom. The molecule has 0 aliphatic heterocycles. The van der Waals surface area contributed by atoms with Crippen LogP contribution in [-0.4, -0.2) is 61.0 Å². The van der Waals surface area contributed by atoms with Gasteiger partial charge in [-0.05, 0) is 73.0 Å². The number of aliphatic carboxylic acids is 1. The van der Waals surface area contributed by atoms with Crippen molar-refractivity contribution in [3.8, 4) is 5.75 Å². The van der Waals surface area contributed by atoms with Crippen LogP contribution < -0.4 is 10.1 Å². The van der Waals surface area contributed by atoms with Gasteiger partial charge in [-0.1, -0.05) is 24.3 Å². The van der Waals surface area contributed by atoms with Crippen molar-refractivity contribution in [3.05, 3.63) is 95.3 Å². The van der Waals surface area contributed by atoms with Crippen LogP contribution in [0.25, 0.3) is 0 Å². The van der Waals surface area contributed by atoms with Gasteiger partial charge in [-0.15, -0.1) is 0 Å². The first-order chi connectivity index (χ1) is 20.5. The third-order valence-corrected chi connectivity index (χ3v) is 6.27. The van der Waals surface area contributed by atoms with E-state index in [2.05, 4.69) is 5.32 Å². The molecule has 0 fully saturated rings. The minimum absolute atomic E-state index is 0.118. The number of carbonyl (C=O) groups is 2. The Morgan fingerprint density at radius 2 is 1.56 bits per heavy atom. The fraction of sp³-hybridized carbons (Fsp3) is 0.355. The number of hydrogen-bond donors (Lipinski definition) is 2. The predicted octanol–water partition coefficient (Wildman–Crippen LogP) is 6.40. The molecule has 3 aromatic carbocycles. The molecule has 0 saturated carbocycles. The minimum atomic E-state index is -4.49. The van der Waals surface area contributed by atoms with Gasteiger partial charge in [0.2, 0.25) is 0 Å². The lowest BCUT2D eigenvalue weighted by molar-refractivity contribution is -0.150. The molecule has 0 spiro atoms. The maximum absolute atomic E-state index is 13.1. The number of nitrogens with one attached hydrogen (secondary N) is 1. The second kappa shape index (κ2) is 16.5. The summed E-state index contributed by atoms with van der Waals surface area (Å²) in [6.45, 7) is 3.14. The van der Waals surface area contributed by atoms with E-state index in [0.717, 1.165) is 23.3 Å². The molecule has 1 atom stereocenters. The molecule has 2 amide bonds. The van der Waals surface area contributed by atoms with Gasteiger partial charge in [0.15, 0.2) is 6.10 Å². The summed E-state index contributed by atoms with van der Waals surface area (Å²) in [5.74, 6) is -0.875. The van der Waals surface area contributed by atoms with Gasteiger partial charge < -0.3 is 29.5 Å². The molecule has 8 nitrogen and oxygen atoms in total. The lowest BCUT2D eigenvalue weighted by Gasteiger charge is -2.23. The van der Waals surface area contributed by atoms with Gasteiger partial charge in [0.25, 0.3) is 0 Å². The van der Waals surface area contributed by atoms with Crippen molar-refractivity contribution in [1.82, 2.24) is 4.90 Å². The first-order valence-corrected chi connectivity index (χ1v) is 13.7. The molecule has 2 N–H and O–H groups in total. The molecule has 43 heavy (non-hydrogen) atoms. The highest BCUT2D eigenvalue weighted by molar-refractivity contribution is 5.89. The zero-order chi connectivity index (χ0) is 31.2. The number of amides is 2.